The zero-order valence-electron chi connectivity index (χ0n) is 13.3. The highest BCUT2D eigenvalue weighted by Gasteiger charge is 2.17. The number of benzene rings is 2. The van der Waals surface area contributed by atoms with Crippen LogP contribution in [0.2, 0.25) is 5.02 Å². The van der Waals surface area contributed by atoms with Crippen molar-refractivity contribution >= 4 is 29.1 Å². The third-order valence-electron chi connectivity index (χ3n) is 3.37. The van der Waals surface area contributed by atoms with E-state index in [2.05, 4.69) is 10.6 Å². The van der Waals surface area contributed by atoms with Crippen LogP contribution in [0.25, 0.3) is 0 Å². The van der Waals surface area contributed by atoms with E-state index in [-0.39, 0.29) is 18.9 Å². The number of hydrogen-bond acceptors (Lipinski definition) is 3. The van der Waals surface area contributed by atoms with E-state index in [1.807, 2.05) is 25.1 Å². The van der Waals surface area contributed by atoms with Gasteiger partial charge in [0.25, 0.3) is 5.91 Å². The number of aliphatic hydroxyl groups excluding tert-OH is 1. The molecule has 0 aliphatic carbocycles. The van der Waals surface area contributed by atoms with Crippen molar-refractivity contribution in [3.05, 3.63) is 64.7 Å². The largest absolute Gasteiger partial charge is 0.378 e. The van der Waals surface area contributed by atoms with Crippen LogP contribution in [0.5, 0.6) is 0 Å². The molecule has 0 bridgehead atoms. The Kier molecular flexibility index (Phi) is 6.35. The van der Waals surface area contributed by atoms with E-state index >= 15 is 0 Å². The Morgan fingerprint density at radius 2 is 1.92 bits per heavy atom. The Morgan fingerprint density at radius 3 is 2.62 bits per heavy atom. The van der Waals surface area contributed by atoms with Crippen molar-refractivity contribution < 1.29 is 14.7 Å². The highest BCUT2D eigenvalue weighted by Crippen LogP contribution is 2.17. The Hall–Kier alpha value is -2.37. The van der Waals surface area contributed by atoms with Crippen LogP contribution in [-0.2, 0) is 9.59 Å². The van der Waals surface area contributed by atoms with Gasteiger partial charge in [-0.3, -0.25) is 9.59 Å². The van der Waals surface area contributed by atoms with Crippen molar-refractivity contribution in [2.75, 3.05) is 11.9 Å². The number of anilines is 1. The van der Waals surface area contributed by atoms with Crippen LogP contribution in [0.3, 0.4) is 0 Å². The maximum absolute atomic E-state index is 11.9. The monoisotopic (exact) mass is 346 g/mol. The van der Waals surface area contributed by atoms with E-state index in [9.17, 15) is 14.7 Å². The molecular weight excluding hydrogens is 328 g/mol. The Morgan fingerprint density at radius 1 is 1.17 bits per heavy atom. The average molecular weight is 347 g/mol. The van der Waals surface area contributed by atoms with Gasteiger partial charge in [-0.2, -0.15) is 0 Å². The molecule has 2 amide bonds. The Labute approximate surface area is 145 Å². The first kappa shape index (κ1) is 18.0. The standard InChI is InChI=1S/C18H19ClN2O3/c1-12-4-2-7-15(10-12)21-16(22)8-9-20-18(24)17(23)13-5-3-6-14(19)11-13/h2-7,10-11,17,23H,8-9H2,1H3,(H,20,24)(H,21,22)/t17-/m0/s1. The molecule has 5 nitrogen and oxygen atoms in total. The maximum atomic E-state index is 11.9. The molecule has 1 atom stereocenters. The number of rotatable bonds is 6. The molecule has 6 heteroatoms. The van der Waals surface area contributed by atoms with Crippen LogP contribution in [0.4, 0.5) is 5.69 Å². The second-order valence-electron chi connectivity index (χ2n) is 5.42. The first-order chi connectivity index (χ1) is 11.5. The number of carbonyl (C=O) groups is 2. The number of carbonyl (C=O) groups excluding carboxylic acids is 2. The topological polar surface area (TPSA) is 78.4 Å². The van der Waals surface area contributed by atoms with Gasteiger partial charge in [-0.1, -0.05) is 35.9 Å². The Bertz CT molecular complexity index is 734. The second kappa shape index (κ2) is 8.47. The molecule has 126 valence electrons. The molecule has 0 saturated carbocycles. The summed E-state index contributed by atoms with van der Waals surface area (Å²) in [4.78, 5) is 23.8. The molecule has 0 radical (unpaired) electrons. The molecule has 0 spiro atoms. The highest BCUT2D eigenvalue weighted by molar-refractivity contribution is 6.30. The predicted molar refractivity (Wildman–Crippen MR) is 93.8 cm³/mol. The van der Waals surface area contributed by atoms with Crippen LogP contribution in [-0.4, -0.2) is 23.5 Å². The van der Waals surface area contributed by atoms with E-state index in [1.54, 1.807) is 24.3 Å². The molecule has 0 unspecified atom stereocenters. The lowest BCUT2D eigenvalue weighted by molar-refractivity contribution is -0.129. The molecular formula is C18H19ClN2O3. The van der Waals surface area contributed by atoms with Gasteiger partial charge in [0, 0.05) is 23.7 Å². The van der Waals surface area contributed by atoms with Crippen LogP contribution >= 0.6 is 11.6 Å². The fourth-order valence-electron chi connectivity index (χ4n) is 2.17. The normalized spacial score (nSPS) is 11.6. The highest BCUT2D eigenvalue weighted by atomic mass is 35.5. The molecule has 0 aliphatic heterocycles. The minimum atomic E-state index is -1.32. The summed E-state index contributed by atoms with van der Waals surface area (Å²) in [7, 11) is 0. The molecule has 0 fully saturated rings. The predicted octanol–water partition coefficient (Wildman–Crippen LogP) is 2.83. The molecule has 2 aromatic rings. The van der Waals surface area contributed by atoms with Crippen molar-refractivity contribution in [1.82, 2.24) is 5.32 Å². The van der Waals surface area contributed by atoms with E-state index in [0.29, 0.717) is 16.3 Å². The molecule has 0 aromatic heterocycles. The zero-order chi connectivity index (χ0) is 17.5. The summed E-state index contributed by atoms with van der Waals surface area (Å²) in [5, 5.41) is 15.7. The van der Waals surface area contributed by atoms with Crippen molar-refractivity contribution in [1.29, 1.82) is 0 Å². The van der Waals surface area contributed by atoms with Crippen molar-refractivity contribution in [2.24, 2.45) is 0 Å². The molecule has 0 saturated heterocycles. The summed E-state index contributed by atoms with van der Waals surface area (Å²) in [5.74, 6) is -0.779. The number of hydrogen-bond donors (Lipinski definition) is 3. The second-order valence-corrected chi connectivity index (χ2v) is 5.85. The summed E-state index contributed by atoms with van der Waals surface area (Å²) in [6, 6.07) is 13.9. The number of halogens is 1. The number of aliphatic hydroxyl groups is 1. The molecule has 2 rings (SSSR count). The number of amides is 2. The lowest BCUT2D eigenvalue weighted by Crippen LogP contribution is -2.32. The minimum Gasteiger partial charge on any atom is -0.378 e. The molecule has 3 N–H and O–H groups in total. The van der Waals surface area contributed by atoms with Crippen LogP contribution in [0.15, 0.2) is 48.5 Å². The van der Waals surface area contributed by atoms with E-state index in [0.717, 1.165) is 5.56 Å². The SMILES string of the molecule is Cc1cccc(NC(=O)CCNC(=O)[C@@H](O)c2cccc(Cl)c2)c1. The van der Waals surface area contributed by atoms with Gasteiger partial charge in [0.15, 0.2) is 6.10 Å². The van der Waals surface area contributed by atoms with Gasteiger partial charge in [0.2, 0.25) is 5.91 Å². The Balaban J connectivity index is 1.78. The van der Waals surface area contributed by atoms with E-state index in [4.69, 9.17) is 11.6 Å². The summed E-state index contributed by atoms with van der Waals surface area (Å²) < 4.78 is 0. The van der Waals surface area contributed by atoms with Crippen LogP contribution in [0, 0.1) is 6.92 Å². The van der Waals surface area contributed by atoms with Gasteiger partial charge < -0.3 is 15.7 Å². The fraction of sp³-hybridized carbons (Fsp3) is 0.222. The summed E-state index contributed by atoms with van der Waals surface area (Å²) >= 11 is 5.83. The van der Waals surface area contributed by atoms with E-state index < -0.39 is 12.0 Å². The summed E-state index contributed by atoms with van der Waals surface area (Å²) in [5.41, 5.74) is 2.17. The first-order valence-corrected chi connectivity index (χ1v) is 7.91. The number of nitrogens with one attached hydrogen (secondary N) is 2. The summed E-state index contributed by atoms with van der Waals surface area (Å²) in [6.45, 7) is 2.07. The van der Waals surface area contributed by atoms with Crippen molar-refractivity contribution in [2.45, 2.75) is 19.4 Å². The van der Waals surface area contributed by atoms with Crippen LogP contribution < -0.4 is 10.6 Å². The van der Waals surface area contributed by atoms with Gasteiger partial charge in [-0.15, -0.1) is 0 Å². The van der Waals surface area contributed by atoms with E-state index in [1.165, 1.54) is 6.07 Å². The fourth-order valence-corrected chi connectivity index (χ4v) is 2.37. The molecule has 0 heterocycles. The first-order valence-electron chi connectivity index (χ1n) is 7.53. The van der Waals surface area contributed by atoms with Crippen molar-refractivity contribution in [3.8, 4) is 0 Å². The maximum Gasteiger partial charge on any atom is 0.253 e. The smallest absolute Gasteiger partial charge is 0.253 e. The van der Waals surface area contributed by atoms with Crippen LogP contribution in [0.1, 0.15) is 23.7 Å². The molecule has 24 heavy (non-hydrogen) atoms. The third kappa shape index (κ3) is 5.37. The minimum absolute atomic E-state index is 0.113. The lowest BCUT2D eigenvalue weighted by Gasteiger charge is -2.12. The molecule has 2 aromatic carbocycles. The van der Waals surface area contributed by atoms with Gasteiger partial charge in [0.1, 0.15) is 0 Å². The third-order valence-corrected chi connectivity index (χ3v) is 3.60. The van der Waals surface area contributed by atoms with Gasteiger partial charge in [-0.05, 0) is 42.3 Å². The summed E-state index contributed by atoms with van der Waals surface area (Å²) in [6.07, 6.45) is -1.20. The number of aryl methyl sites for hydroxylation is 1. The quantitative estimate of drug-likeness (QED) is 0.752. The van der Waals surface area contributed by atoms with Crippen molar-refractivity contribution in [3.63, 3.8) is 0 Å². The molecule has 0 aliphatic rings. The van der Waals surface area contributed by atoms with Gasteiger partial charge in [-0.25, -0.2) is 0 Å². The lowest BCUT2D eigenvalue weighted by atomic mass is 10.1. The average Bonchev–Trinajstić information content (AvgIpc) is 2.54. The van der Waals surface area contributed by atoms with Gasteiger partial charge in [0.05, 0.1) is 0 Å². The zero-order valence-corrected chi connectivity index (χ0v) is 14.0. The van der Waals surface area contributed by atoms with Gasteiger partial charge >= 0.3 is 0 Å².